The van der Waals surface area contributed by atoms with Gasteiger partial charge in [-0.2, -0.15) is 0 Å². The first-order valence-corrected chi connectivity index (χ1v) is 12.5. The fourth-order valence-electron chi connectivity index (χ4n) is 4.42. The van der Waals surface area contributed by atoms with Crippen LogP contribution in [0.25, 0.3) is 10.8 Å². The van der Waals surface area contributed by atoms with Crippen molar-refractivity contribution in [3.05, 3.63) is 83.9 Å². The molecule has 3 rings (SSSR count). The Hall–Kier alpha value is -3.84. The van der Waals surface area contributed by atoms with Gasteiger partial charge >= 0.3 is 0 Å². The summed E-state index contributed by atoms with van der Waals surface area (Å²) in [6.07, 6.45) is 1.12. The lowest BCUT2D eigenvalue weighted by Gasteiger charge is -2.21. The molecule has 0 heterocycles. The fraction of sp³-hybridized carbons (Fsp3) is 0.333. The summed E-state index contributed by atoms with van der Waals surface area (Å²) in [5.74, 6) is -2.49. The minimum absolute atomic E-state index is 0.00858. The van der Waals surface area contributed by atoms with E-state index >= 15 is 0 Å². The third-order valence-corrected chi connectivity index (χ3v) is 6.39. The predicted octanol–water partition coefficient (Wildman–Crippen LogP) is 3.56. The van der Waals surface area contributed by atoms with E-state index in [0.29, 0.717) is 12.8 Å². The number of nitrogens with two attached hydrogens (primary N) is 1. The molecule has 7 nitrogen and oxygen atoms in total. The average molecular weight is 503 g/mol. The van der Waals surface area contributed by atoms with Gasteiger partial charge < -0.3 is 15.8 Å². The molecule has 0 saturated heterocycles. The standard InChI is InChI=1S/C30H34N2O5/c1-37-20-27(28(34)17-15-23-12-7-11-22-10-5-6-13-26(22)23)32-30(36)24(19-29(31)35)18-25(33)16-14-21-8-3-2-4-9-21/h2-13,24,27H,14-20H2,1H3,(H2,31,35)(H,32,36)/t24-,27-/m0/s1. The Morgan fingerprint density at radius 2 is 1.54 bits per heavy atom. The van der Waals surface area contributed by atoms with Crippen molar-refractivity contribution in [2.24, 2.45) is 11.7 Å². The topological polar surface area (TPSA) is 116 Å². The van der Waals surface area contributed by atoms with Gasteiger partial charge in [0.15, 0.2) is 5.78 Å². The van der Waals surface area contributed by atoms with Crippen LogP contribution in [0.15, 0.2) is 72.8 Å². The van der Waals surface area contributed by atoms with Gasteiger partial charge in [0.1, 0.15) is 11.8 Å². The predicted molar refractivity (Wildman–Crippen MR) is 143 cm³/mol. The zero-order chi connectivity index (χ0) is 26.6. The second-order valence-electron chi connectivity index (χ2n) is 9.22. The molecule has 0 aliphatic heterocycles. The van der Waals surface area contributed by atoms with E-state index in [2.05, 4.69) is 5.32 Å². The van der Waals surface area contributed by atoms with E-state index in [1.807, 2.05) is 72.8 Å². The first kappa shape index (κ1) is 27.7. The van der Waals surface area contributed by atoms with Crippen molar-refractivity contribution < 1.29 is 23.9 Å². The molecule has 2 atom stereocenters. The van der Waals surface area contributed by atoms with Crippen LogP contribution in [0.5, 0.6) is 0 Å². The van der Waals surface area contributed by atoms with Crippen molar-refractivity contribution in [2.45, 2.75) is 44.6 Å². The van der Waals surface area contributed by atoms with Crippen LogP contribution in [0.2, 0.25) is 0 Å². The Labute approximate surface area is 217 Å². The SMILES string of the molecule is COC[C@H](NC(=O)[C@H](CC(N)=O)CC(=O)CCc1ccccc1)C(=O)CCc1cccc2ccccc12. The van der Waals surface area contributed by atoms with Gasteiger partial charge in [0.2, 0.25) is 11.8 Å². The molecule has 0 saturated carbocycles. The number of amides is 2. The number of benzene rings is 3. The van der Waals surface area contributed by atoms with E-state index in [4.69, 9.17) is 10.5 Å². The van der Waals surface area contributed by atoms with Crippen LogP contribution >= 0.6 is 0 Å². The van der Waals surface area contributed by atoms with Crippen LogP contribution in [0, 0.1) is 5.92 Å². The van der Waals surface area contributed by atoms with E-state index in [0.717, 1.165) is 21.9 Å². The zero-order valence-electron chi connectivity index (χ0n) is 21.2. The highest BCUT2D eigenvalue weighted by atomic mass is 16.5. The number of carbonyl (C=O) groups excluding carboxylic acids is 4. The molecule has 0 radical (unpaired) electrons. The summed E-state index contributed by atoms with van der Waals surface area (Å²) in [5.41, 5.74) is 7.42. The summed E-state index contributed by atoms with van der Waals surface area (Å²) in [7, 11) is 1.45. The smallest absolute Gasteiger partial charge is 0.224 e. The van der Waals surface area contributed by atoms with Gasteiger partial charge in [0, 0.05) is 32.8 Å². The van der Waals surface area contributed by atoms with Crippen LogP contribution in [-0.4, -0.2) is 43.1 Å². The summed E-state index contributed by atoms with van der Waals surface area (Å²) in [5, 5.41) is 4.88. The van der Waals surface area contributed by atoms with Crippen molar-refractivity contribution in [3.63, 3.8) is 0 Å². The summed E-state index contributed by atoms with van der Waals surface area (Å²) in [6.45, 7) is -0.00858. The Balaban J connectivity index is 1.61. The first-order valence-electron chi connectivity index (χ1n) is 12.5. The summed E-state index contributed by atoms with van der Waals surface area (Å²) < 4.78 is 5.18. The lowest BCUT2D eigenvalue weighted by molar-refractivity contribution is -0.135. The molecule has 2 amide bonds. The lowest BCUT2D eigenvalue weighted by atomic mass is 9.93. The quantitative estimate of drug-likeness (QED) is 0.330. The maximum absolute atomic E-state index is 13.1. The number of carbonyl (C=O) groups is 4. The van der Waals surface area contributed by atoms with Gasteiger partial charge in [-0.05, 0) is 34.7 Å². The number of methoxy groups -OCH3 is 1. The van der Waals surface area contributed by atoms with E-state index in [1.165, 1.54) is 7.11 Å². The Morgan fingerprint density at radius 3 is 2.27 bits per heavy atom. The maximum Gasteiger partial charge on any atom is 0.224 e. The normalized spacial score (nSPS) is 12.6. The van der Waals surface area contributed by atoms with Crippen LogP contribution in [-0.2, 0) is 36.8 Å². The molecule has 37 heavy (non-hydrogen) atoms. The molecule has 0 unspecified atom stereocenters. The fourth-order valence-corrected chi connectivity index (χ4v) is 4.42. The van der Waals surface area contributed by atoms with E-state index < -0.39 is 23.8 Å². The lowest BCUT2D eigenvalue weighted by Crippen LogP contribution is -2.47. The van der Waals surface area contributed by atoms with Gasteiger partial charge in [-0.3, -0.25) is 19.2 Å². The molecule has 3 aromatic carbocycles. The largest absolute Gasteiger partial charge is 0.382 e. The summed E-state index contributed by atoms with van der Waals surface area (Å²) in [6, 6.07) is 22.6. The minimum Gasteiger partial charge on any atom is -0.382 e. The Bertz CT molecular complexity index is 1220. The number of aryl methyl sites for hydroxylation is 2. The maximum atomic E-state index is 13.1. The molecule has 0 aliphatic rings. The van der Waals surface area contributed by atoms with E-state index in [1.54, 1.807) is 0 Å². The van der Waals surface area contributed by atoms with Crippen LogP contribution in [0.3, 0.4) is 0 Å². The molecule has 3 N–H and O–H groups in total. The highest BCUT2D eigenvalue weighted by Crippen LogP contribution is 2.20. The zero-order valence-corrected chi connectivity index (χ0v) is 21.2. The first-order chi connectivity index (χ1) is 17.9. The second-order valence-corrected chi connectivity index (χ2v) is 9.22. The van der Waals surface area contributed by atoms with Crippen molar-refractivity contribution in [3.8, 4) is 0 Å². The number of ether oxygens (including phenoxy) is 1. The number of Topliss-reactive ketones (excluding diaryl/α,β-unsaturated/α-hetero) is 2. The highest BCUT2D eigenvalue weighted by Gasteiger charge is 2.28. The third-order valence-electron chi connectivity index (χ3n) is 6.39. The van der Waals surface area contributed by atoms with Crippen molar-refractivity contribution >= 4 is 34.2 Å². The highest BCUT2D eigenvalue weighted by molar-refractivity contribution is 5.94. The van der Waals surface area contributed by atoms with Gasteiger partial charge in [-0.1, -0.05) is 72.8 Å². The molecule has 7 heteroatoms. The van der Waals surface area contributed by atoms with E-state index in [9.17, 15) is 19.2 Å². The van der Waals surface area contributed by atoms with Gasteiger partial charge in [-0.25, -0.2) is 0 Å². The van der Waals surface area contributed by atoms with E-state index in [-0.39, 0.29) is 43.9 Å². The number of nitrogens with one attached hydrogen (secondary N) is 1. The second kappa shape index (κ2) is 14.0. The third kappa shape index (κ3) is 8.65. The average Bonchev–Trinajstić information content (AvgIpc) is 2.90. The van der Waals surface area contributed by atoms with Gasteiger partial charge in [0.25, 0.3) is 0 Å². The monoisotopic (exact) mass is 502 g/mol. The van der Waals surface area contributed by atoms with Crippen molar-refractivity contribution in [1.82, 2.24) is 5.32 Å². The van der Waals surface area contributed by atoms with Crippen molar-refractivity contribution in [1.29, 1.82) is 0 Å². The molecule has 0 aliphatic carbocycles. The van der Waals surface area contributed by atoms with Gasteiger partial charge in [-0.15, -0.1) is 0 Å². The molecule has 194 valence electrons. The Kier molecular flexibility index (Phi) is 10.5. The molecular formula is C30H34N2O5. The minimum atomic E-state index is -0.939. The molecule has 0 aromatic heterocycles. The number of hydrogen-bond donors (Lipinski definition) is 2. The molecular weight excluding hydrogens is 468 g/mol. The molecule has 0 spiro atoms. The number of primary amides is 1. The van der Waals surface area contributed by atoms with Crippen molar-refractivity contribution in [2.75, 3.05) is 13.7 Å². The molecule has 3 aromatic rings. The summed E-state index contributed by atoms with van der Waals surface area (Å²) >= 11 is 0. The van der Waals surface area contributed by atoms with Crippen LogP contribution < -0.4 is 11.1 Å². The Morgan fingerprint density at radius 1 is 0.838 bits per heavy atom. The van der Waals surface area contributed by atoms with Crippen LogP contribution in [0.4, 0.5) is 0 Å². The molecule has 0 fully saturated rings. The van der Waals surface area contributed by atoms with Crippen LogP contribution in [0.1, 0.15) is 36.8 Å². The number of ketones is 2. The molecule has 0 bridgehead atoms. The van der Waals surface area contributed by atoms with Gasteiger partial charge in [0.05, 0.1) is 12.5 Å². The number of hydrogen-bond acceptors (Lipinski definition) is 5. The number of rotatable bonds is 15. The summed E-state index contributed by atoms with van der Waals surface area (Å²) in [4.78, 5) is 50.3. The number of fused-ring (bicyclic) bond motifs is 1.